The maximum Gasteiger partial charge on any atom is 1.00 e. The molecular weight excluding hydrogens is 633 g/mol. The number of para-hydroxylation sites is 1. The Bertz CT molecular complexity index is 2970. The van der Waals surface area contributed by atoms with Crippen LogP contribution in [0, 0.1) is 0 Å². The Morgan fingerprint density at radius 3 is 1.71 bits per heavy atom. The summed E-state index contributed by atoms with van der Waals surface area (Å²) < 4.78 is 0. The van der Waals surface area contributed by atoms with Crippen molar-refractivity contribution in [3.63, 3.8) is 0 Å². The number of benzene rings is 7. The number of hydrogen-bond acceptors (Lipinski definition) is 5. The molecule has 0 aliphatic carbocycles. The third-order valence-electron chi connectivity index (χ3n) is 9.66. The molecule has 0 saturated heterocycles. The number of H-pyrrole nitrogens is 1. The summed E-state index contributed by atoms with van der Waals surface area (Å²) in [5, 5.41) is 21.8. The van der Waals surface area contributed by atoms with Crippen LogP contribution in [0.5, 0.6) is 5.75 Å². The fraction of sp³-hybridized carbons (Fsp3) is 0. The van der Waals surface area contributed by atoms with Gasteiger partial charge in [-0.25, -0.2) is 24.9 Å². The van der Waals surface area contributed by atoms with Gasteiger partial charge in [-0.15, -0.1) is 0 Å². The zero-order valence-electron chi connectivity index (χ0n) is 28.2. The first-order valence-corrected chi connectivity index (χ1v) is 16.9. The third-order valence-corrected chi connectivity index (χ3v) is 9.66. The van der Waals surface area contributed by atoms with E-state index in [0.29, 0.717) is 28.7 Å². The van der Waals surface area contributed by atoms with Crippen LogP contribution >= 0.6 is 0 Å². The fourth-order valence-electron chi connectivity index (χ4n) is 7.18. The van der Waals surface area contributed by atoms with E-state index >= 15 is 0 Å². The standard InChI is InChI=1S/C45H27N5O.Li/c51-40-17-9-8-16-36(40)38-24-21-27-18-19-28-22-25-39(47-42(28)41(27)46-38)45-49-43(29-10-2-1-3-11-29)48-44(50-45)30-20-23-35-33-14-5-4-12-31(33)32-13-6-7-15-34(32)37(35)26-30;/h1-26,51H;/q;+1. The molecule has 0 amide bonds. The van der Waals surface area contributed by atoms with Crippen molar-refractivity contribution in [1.29, 1.82) is 0 Å². The number of aromatic amines is 1. The minimum atomic E-state index is -0.0389. The summed E-state index contributed by atoms with van der Waals surface area (Å²) in [4.78, 5) is 23.8. The van der Waals surface area contributed by atoms with Gasteiger partial charge < -0.3 is 5.11 Å². The van der Waals surface area contributed by atoms with Gasteiger partial charge in [-0.3, -0.25) is 0 Å². The second-order valence-corrected chi connectivity index (χ2v) is 12.7. The van der Waals surface area contributed by atoms with Gasteiger partial charge in [0.25, 0.3) is 0 Å². The summed E-state index contributed by atoms with van der Waals surface area (Å²) in [5.41, 5.74) is 5.35. The molecule has 0 unspecified atom stereocenters. The van der Waals surface area contributed by atoms with Crippen LogP contribution in [0.4, 0.5) is 0 Å². The number of fused-ring (bicyclic) bond motifs is 9. The minimum absolute atomic E-state index is 0. The van der Waals surface area contributed by atoms with Gasteiger partial charge in [-0.1, -0.05) is 127 Å². The summed E-state index contributed by atoms with van der Waals surface area (Å²) in [7, 11) is 0. The first-order valence-electron chi connectivity index (χ1n) is 16.9. The number of pyridine rings is 2. The van der Waals surface area contributed by atoms with Crippen molar-refractivity contribution in [2.45, 2.75) is 0 Å². The second-order valence-electron chi connectivity index (χ2n) is 12.7. The molecular formula is C45H27LiN5O+. The van der Waals surface area contributed by atoms with Crippen LogP contribution in [-0.2, 0) is 0 Å². The SMILES string of the molecule is [Li+].[O-]c1ccccc1-c1ccc2ccc3ccc(-c4nc(-c5ccccc5)nc(-c5ccc6c7ccccc7c7ccccc7c6c5)n4)nc3c2[nH+]1. The molecule has 0 bridgehead atoms. The summed E-state index contributed by atoms with van der Waals surface area (Å²) in [6, 6.07) is 52.7. The van der Waals surface area contributed by atoms with Crippen LogP contribution in [0.15, 0.2) is 158 Å². The van der Waals surface area contributed by atoms with E-state index < -0.39 is 0 Å². The fourth-order valence-corrected chi connectivity index (χ4v) is 7.18. The first kappa shape index (κ1) is 31.5. The largest absolute Gasteiger partial charge is 1.00 e. The summed E-state index contributed by atoms with van der Waals surface area (Å²) in [6.45, 7) is 0. The summed E-state index contributed by atoms with van der Waals surface area (Å²) in [5.74, 6) is 1.57. The Hall–Kier alpha value is -6.45. The van der Waals surface area contributed by atoms with Crippen LogP contribution in [0.1, 0.15) is 0 Å². The molecule has 3 aromatic heterocycles. The van der Waals surface area contributed by atoms with Crippen molar-refractivity contribution in [2.75, 3.05) is 0 Å². The van der Waals surface area contributed by atoms with Gasteiger partial charge in [0, 0.05) is 33.5 Å². The van der Waals surface area contributed by atoms with Gasteiger partial charge in [-0.05, 0) is 62.6 Å². The molecule has 10 rings (SSSR count). The average Bonchev–Trinajstić information content (AvgIpc) is 3.20. The summed E-state index contributed by atoms with van der Waals surface area (Å²) >= 11 is 0. The average molecular weight is 661 g/mol. The van der Waals surface area contributed by atoms with Crippen molar-refractivity contribution in [2.24, 2.45) is 0 Å². The molecule has 6 nitrogen and oxygen atoms in total. The van der Waals surface area contributed by atoms with Crippen LogP contribution in [0.25, 0.3) is 99.7 Å². The molecule has 7 heteroatoms. The first-order chi connectivity index (χ1) is 25.2. The quantitative estimate of drug-likeness (QED) is 0.157. The molecule has 0 aliphatic heterocycles. The maximum absolute atomic E-state index is 12.7. The molecule has 52 heavy (non-hydrogen) atoms. The Kier molecular flexibility index (Phi) is 7.70. The molecule has 238 valence electrons. The van der Waals surface area contributed by atoms with Gasteiger partial charge in [0.05, 0.1) is 0 Å². The molecule has 0 saturated carbocycles. The Morgan fingerprint density at radius 1 is 0.423 bits per heavy atom. The van der Waals surface area contributed by atoms with E-state index in [-0.39, 0.29) is 24.6 Å². The molecule has 7 aromatic carbocycles. The van der Waals surface area contributed by atoms with Crippen LogP contribution in [-0.4, -0.2) is 19.9 Å². The van der Waals surface area contributed by atoms with Crippen LogP contribution < -0.4 is 29.0 Å². The third kappa shape index (κ3) is 5.25. The van der Waals surface area contributed by atoms with Gasteiger partial charge in [0.15, 0.2) is 17.5 Å². The van der Waals surface area contributed by atoms with Crippen molar-refractivity contribution in [3.8, 4) is 51.3 Å². The second kappa shape index (κ2) is 12.7. The van der Waals surface area contributed by atoms with Crippen molar-refractivity contribution < 1.29 is 29.0 Å². The molecule has 0 aliphatic rings. The van der Waals surface area contributed by atoms with E-state index in [0.717, 1.165) is 44.0 Å². The number of aromatic nitrogens is 5. The molecule has 10 aromatic rings. The van der Waals surface area contributed by atoms with E-state index in [2.05, 4.69) is 83.8 Å². The van der Waals surface area contributed by atoms with Crippen LogP contribution in [0.3, 0.4) is 0 Å². The molecule has 3 heterocycles. The van der Waals surface area contributed by atoms with E-state index in [9.17, 15) is 5.11 Å². The smallest absolute Gasteiger partial charge is 0.872 e. The van der Waals surface area contributed by atoms with E-state index in [4.69, 9.17) is 19.9 Å². The van der Waals surface area contributed by atoms with Crippen LogP contribution in [0.2, 0.25) is 0 Å². The van der Waals surface area contributed by atoms with Crippen molar-refractivity contribution in [3.05, 3.63) is 158 Å². The van der Waals surface area contributed by atoms with E-state index in [1.807, 2.05) is 66.7 Å². The number of nitrogens with one attached hydrogen (secondary N) is 1. The molecule has 0 fully saturated rings. The Labute approximate surface area is 310 Å². The normalized spacial score (nSPS) is 11.4. The van der Waals surface area contributed by atoms with E-state index in [1.54, 1.807) is 12.1 Å². The molecule has 0 radical (unpaired) electrons. The monoisotopic (exact) mass is 660 g/mol. The molecule has 0 spiro atoms. The van der Waals surface area contributed by atoms with Gasteiger partial charge in [0.1, 0.15) is 11.2 Å². The van der Waals surface area contributed by atoms with Gasteiger partial charge in [-0.2, -0.15) is 0 Å². The molecule has 1 N–H and O–H groups in total. The number of rotatable bonds is 4. The Morgan fingerprint density at radius 2 is 0.981 bits per heavy atom. The zero-order valence-corrected chi connectivity index (χ0v) is 28.2. The number of hydrogen-bond donors (Lipinski definition) is 0. The van der Waals surface area contributed by atoms with Gasteiger partial charge >= 0.3 is 18.9 Å². The zero-order chi connectivity index (χ0) is 33.9. The van der Waals surface area contributed by atoms with Crippen molar-refractivity contribution >= 4 is 54.1 Å². The molecule has 0 atom stereocenters. The predicted octanol–water partition coefficient (Wildman–Crippen LogP) is 6.59. The van der Waals surface area contributed by atoms with E-state index in [1.165, 1.54) is 26.9 Å². The minimum Gasteiger partial charge on any atom is -0.872 e. The Balaban J connectivity index is 0.00000360. The van der Waals surface area contributed by atoms with Crippen molar-refractivity contribution in [1.82, 2.24) is 19.9 Å². The summed E-state index contributed by atoms with van der Waals surface area (Å²) in [6.07, 6.45) is 0. The number of nitrogens with zero attached hydrogens (tertiary/aromatic N) is 4. The predicted molar refractivity (Wildman–Crippen MR) is 203 cm³/mol. The topological polar surface area (TPSA) is 88.8 Å². The maximum atomic E-state index is 12.7. The van der Waals surface area contributed by atoms with Gasteiger partial charge in [0.2, 0.25) is 11.2 Å².